The molecule has 0 aliphatic carbocycles. The van der Waals surface area contributed by atoms with E-state index in [0.717, 1.165) is 17.4 Å². The molecule has 2 saturated heterocycles. The summed E-state index contributed by atoms with van der Waals surface area (Å²) in [5.74, 6) is -0.740. The van der Waals surface area contributed by atoms with Crippen LogP contribution in [0.4, 0.5) is 5.69 Å². The summed E-state index contributed by atoms with van der Waals surface area (Å²) in [4.78, 5) is 14.0. The van der Waals surface area contributed by atoms with E-state index < -0.39 is 26.0 Å². The van der Waals surface area contributed by atoms with Gasteiger partial charge in [-0.15, -0.1) is 0 Å². The molecule has 1 aromatic rings. The standard InChI is InChI=1S/C16H23N3O6S2/c1-13(18-7-9-25-10-8-18)12-17-27(23,24)15-4-2-14(3-5-15)19-16(20)6-11-26(19,21)22/h2-5,13,17H,6-12H2,1H3/t13-/m1/s1. The van der Waals surface area contributed by atoms with Crippen LogP contribution in [0.1, 0.15) is 13.3 Å². The molecule has 27 heavy (non-hydrogen) atoms. The van der Waals surface area contributed by atoms with Gasteiger partial charge in [0, 0.05) is 32.1 Å². The number of benzene rings is 1. The second-order valence-electron chi connectivity index (χ2n) is 6.57. The molecule has 0 unspecified atom stereocenters. The molecule has 2 fully saturated rings. The van der Waals surface area contributed by atoms with Gasteiger partial charge >= 0.3 is 0 Å². The summed E-state index contributed by atoms with van der Waals surface area (Å²) in [6.07, 6.45) is -0.0661. The van der Waals surface area contributed by atoms with Crippen LogP contribution >= 0.6 is 0 Å². The summed E-state index contributed by atoms with van der Waals surface area (Å²) in [6, 6.07) is 5.30. The van der Waals surface area contributed by atoms with E-state index in [1.54, 1.807) is 0 Å². The van der Waals surface area contributed by atoms with Crippen LogP contribution in [0.15, 0.2) is 29.2 Å². The Morgan fingerprint density at radius 3 is 2.37 bits per heavy atom. The third kappa shape index (κ3) is 4.49. The van der Waals surface area contributed by atoms with Crippen LogP contribution in [0.25, 0.3) is 0 Å². The van der Waals surface area contributed by atoms with Crippen LogP contribution in [0.5, 0.6) is 0 Å². The Kier molecular flexibility index (Phi) is 5.87. The minimum Gasteiger partial charge on any atom is -0.379 e. The number of morpholine rings is 1. The van der Waals surface area contributed by atoms with Crippen molar-refractivity contribution in [1.82, 2.24) is 9.62 Å². The Balaban J connectivity index is 1.67. The molecular formula is C16H23N3O6S2. The van der Waals surface area contributed by atoms with Gasteiger partial charge in [-0.1, -0.05) is 0 Å². The fourth-order valence-corrected chi connectivity index (χ4v) is 5.67. The number of rotatable bonds is 6. The molecule has 11 heteroatoms. The maximum atomic E-state index is 12.5. The number of amides is 1. The monoisotopic (exact) mass is 417 g/mol. The number of sulfonamides is 2. The lowest BCUT2D eigenvalue weighted by molar-refractivity contribution is -0.116. The fourth-order valence-electron chi connectivity index (χ4n) is 3.09. The first-order chi connectivity index (χ1) is 12.7. The van der Waals surface area contributed by atoms with Crippen molar-refractivity contribution in [3.8, 4) is 0 Å². The quantitative estimate of drug-likeness (QED) is 0.679. The van der Waals surface area contributed by atoms with E-state index in [1.165, 1.54) is 24.3 Å². The predicted octanol–water partition coefficient (Wildman–Crippen LogP) is -0.248. The lowest BCUT2D eigenvalue weighted by Gasteiger charge is -2.32. The van der Waals surface area contributed by atoms with Gasteiger partial charge in [-0.2, -0.15) is 0 Å². The summed E-state index contributed by atoms with van der Waals surface area (Å²) in [5, 5.41) is 0. The first-order valence-corrected chi connectivity index (χ1v) is 11.8. The summed E-state index contributed by atoms with van der Waals surface area (Å²) >= 11 is 0. The number of carbonyl (C=O) groups excluding carboxylic acids is 1. The summed E-state index contributed by atoms with van der Waals surface area (Å²) < 4.78 is 57.5. The van der Waals surface area contributed by atoms with Crippen LogP contribution in [-0.2, 0) is 29.6 Å². The van der Waals surface area contributed by atoms with Crippen molar-refractivity contribution in [2.24, 2.45) is 0 Å². The Hall–Kier alpha value is -1.53. The third-order valence-corrected chi connectivity index (χ3v) is 7.83. The maximum Gasteiger partial charge on any atom is 0.242 e. The molecule has 2 aliphatic rings. The number of ether oxygens (including phenoxy) is 1. The van der Waals surface area contributed by atoms with Gasteiger partial charge in [0.1, 0.15) is 0 Å². The number of nitrogens with zero attached hydrogens (tertiary/aromatic N) is 2. The van der Waals surface area contributed by atoms with Gasteiger partial charge in [0.2, 0.25) is 26.0 Å². The molecule has 1 atom stereocenters. The number of hydrogen-bond acceptors (Lipinski definition) is 7. The van der Waals surface area contributed by atoms with E-state index >= 15 is 0 Å². The van der Waals surface area contributed by atoms with Crippen LogP contribution < -0.4 is 9.03 Å². The van der Waals surface area contributed by atoms with Crippen LogP contribution in [-0.4, -0.2) is 72.3 Å². The highest BCUT2D eigenvalue weighted by atomic mass is 32.2. The van der Waals surface area contributed by atoms with Gasteiger partial charge in [0.25, 0.3) is 0 Å². The SMILES string of the molecule is C[C@H](CNS(=O)(=O)c1ccc(N2C(=O)CCS2(=O)=O)cc1)N1CCOCC1. The van der Waals surface area contributed by atoms with Crippen LogP contribution in [0, 0.1) is 0 Å². The molecule has 0 radical (unpaired) electrons. The summed E-state index contributed by atoms with van der Waals surface area (Å²) in [5.41, 5.74) is 0.151. The number of nitrogens with one attached hydrogen (secondary N) is 1. The van der Waals surface area contributed by atoms with Gasteiger partial charge in [0.15, 0.2) is 0 Å². The van der Waals surface area contributed by atoms with Crippen molar-refractivity contribution in [3.63, 3.8) is 0 Å². The molecule has 150 valence electrons. The second-order valence-corrected chi connectivity index (χ2v) is 10.3. The molecule has 2 aliphatic heterocycles. The topological polar surface area (TPSA) is 113 Å². The lowest BCUT2D eigenvalue weighted by atomic mass is 10.2. The molecule has 3 rings (SSSR count). The van der Waals surface area contributed by atoms with E-state index in [0.29, 0.717) is 13.2 Å². The third-order valence-electron chi connectivity index (χ3n) is 4.70. The zero-order valence-electron chi connectivity index (χ0n) is 15.0. The van der Waals surface area contributed by atoms with Crippen molar-refractivity contribution >= 4 is 31.6 Å². The predicted molar refractivity (Wildman–Crippen MR) is 99.4 cm³/mol. The van der Waals surface area contributed by atoms with Gasteiger partial charge in [-0.05, 0) is 31.2 Å². The van der Waals surface area contributed by atoms with Gasteiger partial charge in [-0.3, -0.25) is 9.69 Å². The zero-order chi connectivity index (χ0) is 19.7. The Labute approximate surface area is 159 Å². The Bertz CT molecular complexity index is 893. The average Bonchev–Trinajstić information content (AvgIpc) is 2.93. The smallest absolute Gasteiger partial charge is 0.242 e. The highest BCUT2D eigenvalue weighted by Gasteiger charge is 2.36. The van der Waals surface area contributed by atoms with Gasteiger partial charge in [-0.25, -0.2) is 25.9 Å². The molecule has 9 nitrogen and oxygen atoms in total. The largest absolute Gasteiger partial charge is 0.379 e. The van der Waals surface area contributed by atoms with E-state index in [-0.39, 0.29) is 35.3 Å². The molecule has 0 aromatic heterocycles. The molecule has 1 aromatic carbocycles. The minimum absolute atomic E-state index is 0.0180. The molecule has 1 N–H and O–H groups in total. The van der Waals surface area contributed by atoms with Gasteiger partial charge in [0.05, 0.1) is 29.5 Å². The van der Waals surface area contributed by atoms with Crippen LogP contribution in [0.3, 0.4) is 0 Å². The van der Waals surface area contributed by atoms with Crippen molar-refractivity contribution in [2.45, 2.75) is 24.3 Å². The first-order valence-electron chi connectivity index (χ1n) is 8.68. The van der Waals surface area contributed by atoms with E-state index in [2.05, 4.69) is 9.62 Å². The van der Waals surface area contributed by atoms with Crippen molar-refractivity contribution in [1.29, 1.82) is 0 Å². The number of carbonyl (C=O) groups is 1. The molecule has 1 amide bonds. The number of hydrogen-bond donors (Lipinski definition) is 1. The second kappa shape index (κ2) is 7.84. The van der Waals surface area contributed by atoms with E-state index in [4.69, 9.17) is 4.74 Å². The molecule has 0 spiro atoms. The minimum atomic E-state index is -3.74. The van der Waals surface area contributed by atoms with E-state index in [9.17, 15) is 21.6 Å². The average molecular weight is 418 g/mol. The highest BCUT2D eigenvalue weighted by molar-refractivity contribution is 7.94. The maximum absolute atomic E-state index is 12.5. The summed E-state index contributed by atoms with van der Waals surface area (Å²) in [7, 11) is -7.41. The highest BCUT2D eigenvalue weighted by Crippen LogP contribution is 2.26. The van der Waals surface area contributed by atoms with Crippen LogP contribution in [0.2, 0.25) is 0 Å². The van der Waals surface area contributed by atoms with Crippen molar-refractivity contribution in [3.05, 3.63) is 24.3 Å². The summed E-state index contributed by atoms with van der Waals surface area (Å²) in [6.45, 7) is 4.99. The van der Waals surface area contributed by atoms with E-state index in [1.807, 2.05) is 6.92 Å². The molecular weight excluding hydrogens is 394 g/mol. The number of anilines is 1. The van der Waals surface area contributed by atoms with Gasteiger partial charge < -0.3 is 4.74 Å². The molecule has 0 bridgehead atoms. The van der Waals surface area contributed by atoms with Crippen molar-refractivity contribution in [2.75, 3.05) is 42.9 Å². The molecule has 2 heterocycles. The zero-order valence-corrected chi connectivity index (χ0v) is 16.6. The Morgan fingerprint density at radius 2 is 1.81 bits per heavy atom. The molecule has 0 saturated carbocycles. The normalized spacial score (nSPS) is 22.1. The first kappa shape index (κ1) is 20.2. The lowest BCUT2D eigenvalue weighted by Crippen LogP contribution is -2.47. The fraction of sp³-hybridized carbons (Fsp3) is 0.562. The van der Waals surface area contributed by atoms with Crippen molar-refractivity contribution < 1.29 is 26.4 Å². The Morgan fingerprint density at radius 1 is 1.19 bits per heavy atom.